The average Bonchev–Trinajstić information content (AvgIpc) is 2.93. The highest BCUT2D eigenvalue weighted by Crippen LogP contribution is 2.36. The summed E-state index contributed by atoms with van der Waals surface area (Å²) in [7, 11) is 1.38. The molecule has 0 radical (unpaired) electrons. The summed E-state index contributed by atoms with van der Waals surface area (Å²) in [6.07, 6.45) is 0.202. The Labute approximate surface area is 127 Å². The van der Waals surface area contributed by atoms with E-state index in [0.29, 0.717) is 16.5 Å². The van der Waals surface area contributed by atoms with Gasteiger partial charge in [-0.25, -0.2) is 4.79 Å². The summed E-state index contributed by atoms with van der Waals surface area (Å²) < 4.78 is 1.18. The molecule has 0 fully saturated rings. The van der Waals surface area contributed by atoms with E-state index in [9.17, 15) is 19.5 Å². The molecule has 0 atom stereocenters. The number of rotatable bonds is 1. The summed E-state index contributed by atoms with van der Waals surface area (Å²) in [6.45, 7) is 0. The smallest absolute Gasteiger partial charge is 0.416 e. The maximum absolute atomic E-state index is 12.2. The van der Waals surface area contributed by atoms with Crippen molar-refractivity contribution in [1.29, 1.82) is 0 Å². The van der Waals surface area contributed by atoms with Crippen molar-refractivity contribution >= 4 is 50.3 Å². The third-order valence-electron chi connectivity index (χ3n) is 3.42. The zero-order valence-corrected chi connectivity index (χ0v) is 12.4. The number of benzene rings is 1. The number of hydrogen-bond acceptors (Lipinski definition) is 3. The van der Waals surface area contributed by atoms with Crippen molar-refractivity contribution in [3.8, 4) is 0 Å². The van der Waals surface area contributed by atoms with Gasteiger partial charge in [0.25, 0.3) is 11.8 Å². The summed E-state index contributed by atoms with van der Waals surface area (Å²) in [5.41, 5.74) is 1.06. The lowest BCUT2D eigenvalue weighted by atomic mass is 10.1. The van der Waals surface area contributed by atoms with Crippen LogP contribution in [0.2, 0.25) is 0 Å². The summed E-state index contributed by atoms with van der Waals surface area (Å²) in [6, 6.07) is 6.82. The summed E-state index contributed by atoms with van der Waals surface area (Å²) in [4.78, 5) is 36.4. The minimum Gasteiger partial charge on any atom is -0.464 e. The fourth-order valence-corrected chi connectivity index (χ4v) is 3.03. The van der Waals surface area contributed by atoms with E-state index in [1.165, 1.54) is 13.2 Å². The van der Waals surface area contributed by atoms with Crippen LogP contribution >= 0.6 is 15.9 Å². The Hall–Kier alpha value is -2.41. The second kappa shape index (κ2) is 4.56. The van der Waals surface area contributed by atoms with Gasteiger partial charge in [-0.05, 0) is 22.0 Å². The maximum atomic E-state index is 12.2. The SMILES string of the molecule is CN1C(=O)C(Br)=C(c2cn(C(=O)O)c3ccccc23)C1=O. The van der Waals surface area contributed by atoms with Crippen molar-refractivity contribution < 1.29 is 19.5 Å². The van der Waals surface area contributed by atoms with Crippen LogP contribution in [0.5, 0.6) is 0 Å². The minimum absolute atomic E-state index is 0.142. The van der Waals surface area contributed by atoms with Crippen LogP contribution in [0.25, 0.3) is 16.5 Å². The first kappa shape index (κ1) is 13.6. The second-order valence-corrected chi connectivity index (χ2v) is 5.36. The van der Waals surface area contributed by atoms with Gasteiger partial charge in [-0.3, -0.25) is 19.1 Å². The Morgan fingerprint density at radius 2 is 1.86 bits per heavy atom. The molecule has 6 nitrogen and oxygen atoms in total. The molecule has 0 saturated carbocycles. The van der Waals surface area contributed by atoms with Crippen LogP contribution in [0.15, 0.2) is 34.9 Å². The summed E-state index contributed by atoms with van der Waals surface area (Å²) in [5, 5.41) is 9.85. The molecule has 1 aromatic carbocycles. The number of hydrogen-bond donors (Lipinski definition) is 1. The van der Waals surface area contributed by atoms with Crippen LogP contribution in [-0.4, -0.2) is 39.5 Å². The number of amides is 2. The molecule has 0 unspecified atom stereocenters. The van der Waals surface area contributed by atoms with Crippen LogP contribution in [0.4, 0.5) is 4.79 Å². The third kappa shape index (κ3) is 1.81. The first-order valence-electron chi connectivity index (χ1n) is 5.99. The van der Waals surface area contributed by atoms with Crippen LogP contribution in [-0.2, 0) is 9.59 Å². The standard InChI is InChI=1S/C14H9BrN2O4/c1-16-12(18)10(11(15)13(16)19)8-6-17(14(20)21)9-5-3-2-4-7(8)9/h2-6H,1H3,(H,20,21). The molecule has 2 aromatic rings. The lowest BCUT2D eigenvalue weighted by Gasteiger charge is -2.05. The molecule has 0 aliphatic carbocycles. The second-order valence-electron chi connectivity index (χ2n) is 4.57. The molecule has 106 valence electrons. The lowest BCUT2D eigenvalue weighted by Crippen LogP contribution is -2.26. The molecule has 2 amide bonds. The minimum atomic E-state index is -1.15. The van der Waals surface area contributed by atoms with E-state index in [-0.39, 0.29) is 10.1 Å². The van der Waals surface area contributed by atoms with E-state index < -0.39 is 17.9 Å². The van der Waals surface area contributed by atoms with Gasteiger partial charge < -0.3 is 5.11 Å². The van der Waals surface area contributed by atoms with Gasteiger partial charge in [-0.15, -0.1) is 0 Å². The molecule has 1 N–H and O–H groups in total. The fraction of sp³-hybridized carbons (Fsp3) is 0.0714. The molecule has 3 rings (SSSR count). The predicted molar refractivity (Wildman–Crippen MR) is 79.0 cm³/mol. The largest absolute Gasteiger partial charge is 0.464 e. The van der Waals surface area contributed by atoms with E-state index in [1.54, 1.807) is 24.3 Å². The maximum Gasteiger partial charge on any atom is 0.416 e. The highest BCUT2D eigenvalue weighted by atomic mass is 79.9. The Morgan fingerprint density at radius 1 is 1.19 bits per heavy atom. The highest BCUT2D eigenvalue weighted by molar-refractivity contribution is 9.12. The zero-order chi connectivity index (χ0) is 15.3. The molecule has 1 aliphatic rings. The molecule has 1 aliphatic heterocycles. The summed E-state index contributed by atoms with van der Waals surface area (Å²) in [5.74, 6) is -0.901. The van der Waals surface area contributed by atoms with Crippen molar-refractivity contribution in [1.82, 2.24) is 9.47 Å². The summed E-state index contributed by atoms with van der Waals surface area (Å²) >= 11 is 3.13. The van der Waals surface area contributed by atoms with Gasteiger partial charge in [0, 0.05) is 24.2 Å². The van der Waals surface area contributed by atoms with Gasteiger partial charge in [0.05, 0.1) is 15.6 Å². The number of carboxylic acid groups (broad SMARTS) is 1. The van der Waals surface area contributed by atoms with E-state index >= 15 is 0 Å². The number of likely N-dealkylation sites (N-methyl/N-ethyl adjacent to an activating group) is 1. The molecular formula is C14H9BrN2O4. The molecule has 0 spiro atoms. The normalized spacial score (nSPS) is 15.4. The van der Waals surface area contributed by atoms with Crippen molar-refractivity contribution in [2.24, 2.45) is 0 Å². The number of para-hydroxylation sites is 1. The molecule has 2 heterocycles. The third-order valence-corrected chi connectivity index (χ3v) is 4.15. The van der Waals surface area contributed by atoms with E-state index in [1.807, 2.05) is 0 Å². The van der Waals surface area contributed by atoms with Crippen molar-refractivity contribution in [2.75, 3.05) is 7.05 Å². The van der Waals surface area contributed by atoms with Gasteiger partial charge in [-0.1, -0.05) is 18.2 Å². The highest BCUT2D eigenvalue weighted by Gasteiger charge is 2.36. The van der Waals surface area contributed by atoms with Gasteiger partial charge in [0.2, 0.25) is 0 Å². The zero-order valence-electron chi connectivity index (χ0n) is 10.8. The van der Waals surface area contributed by atoms with Gasteiger partial charge in [0.1, 0.15) is 0 Å². The fourth-order valence-electron chi connectivity index (χ4n) is 2.38. The molecule has 1 aromatic heterocycles. The van der Waals surface area contributed by atoms with Gasteiger partial charge >= 0.3 is 6.09 Å². The van der Waals surface area contributed by atoms with E-state index in [0.717, 1.165) is 9.47 Å². The predicted octanol–water partition coefficient (Wildman–Crippen LogP) is 2.27. The van der Waals surface area contributed by atoms with Crippen molar-refractivity contribution in [2.45, 2.75) is 0 Å². The molecule has 0 saturated heterocycles. The average molecular weight is 349 g/mol. The number of fused-ring (bicyclic) bond motifs is 1. The van der Waals surface area contributed by atoms with Crippen LogP contribution in [0.1, 0.15) is 5.56 Å². The number of nitrogens with zero attached hydrogens (tertiary/aromatic N) is 2. The van der Waals surface area contributed by atoms with E-state index in [4.69, 9.17) is 0 Å². The molecular weight excluding hydrogens is 340 g/mol. The van der Waals surface area contributed by atoms with Crippen LogP contribution in [0, 0.1) is 0 Å². The first-order chi connectivity index (χ1) is 9.93. The number of carbonyl (C=O) groups is 3. The van der Waals surface area contributed by atoms with E-state index in [2.05, 4.69) is 15.9 Å². The van der Waals surface area contributed by atoms with Crippen LogP contribution < -0.4 is 0 Å². The molecule has 21 heavy (non-hydrogen) atoms. The number of imide groups is 1. The first-order valence-corrected chi connectivity index (χ1v) is 6.78. The topological polar surface area (TPSA) is 79.6 Å². The lowest BCUT2D eigenvalue weighted by molar-refractivity contribution is -0.134. The molecule has 7 heteroatoms. The number of aromatic nitrogens is 1. The monoisotopic (exact) mass is 348 g/mol. The molecule has 0 bridgehead atoms. The number of halogens is 1. The van der Waals surface area contributed by atoms with Gasteiger partial charge in [-0.2, -0.15) is 0 Å². The Morgan fingerprint density at radius 3 is 2.43 bits per heavy atom. The van der Waals surface area contributed by atoms with Crippen molar-refractivity contribution in [3.63, 3.8) is 0 Å². The number of carbonyl (C=O) groups excluding carboxylic acids is 2. The Balaban J connectivity index is 2.35. The van der Waals surface area contributed by atoms with Gasteiger partial charge in [0.15, 0.2) is 0 Å². The van der Waals surface area contributed by atoms with Crippen molar-refractivity contribution in [3.05, 3.63) is 40.5 Å². The van der Waals surface area contributed by atoms with Crippen LogP contribution in [0.3, 0.4) is 0 Å². The Bertz CT molecular complexity index is 850. The quantitative estimate of drug-likeness (QED) is 0.801. The Kier molecular flexibility index (Phi) is 2.94.